The van der Waals surface area contributed by atoms with Crippen molar-refractivity contribution in [2.24, 2.45) is 22.7 Å². The van der Waals surface area contributed by atoms with Crippen LogP contribution in [0.5, 0.6) is 0 Å². The second-order valence-electron chi connectivity index (χ2n) is 10.2. The molecule has 3 aromatic rings. The molecule has 5 atom stereocenters. The molecule has 0 unspecified atom stereocenters. The second-order valence-corrected chi connectivity index (χ2v) is 10.6. The van der Waals surface area contributed by atoms with Gasteiger partial charge in [0.15, 0.2) is 0 Å². The lowest BCUT2D eigenvalue weighted by molar-refractivity contribution is -0.161. The zero-order chi connectivity index (χ0) is 22.3. The maximum atomic E-state index is 14.3. The number of hydrogen-bond acceptors (Lipinski definition) is 2. The summed E-state index contributed by atoms with van der Waals surface area (Å²) in [6.45, 7) is 4.05. The molecule has 6 rings (SSSR count). The van der Waals surface area contributed by atoms with E-state index in [-0.39, 0.29) is 29.3 Å². The smallest absolute Gasteiger partial charge is 0.145 e. The molecule has 0 saturated heterocycles. The van der Waals surface area contributed by atoms with E-state index in [0.29, 0.717) is 5.02 Å². The summed E-state index contributed by atoms with van der Waals surface area (Å²) >= 11 is 6.10. The molecular formula is C29H25ClO2. The van der Waals surface area contributed by atoms with Gasteiger partial charge >= 0.3 is 0 Å². The quantitative estimate of drug-likeness (QED) is 0.484. The van der Waals surface area contributed by atoms with Crippen LogP contribution in [0.3, 0.4) is 0 Å². The average molecular weight is 441 g/mol. The zero-order valence-electron chi connectivity index (χ0n) is 18.2. The molecule has 3 aliphatic carbocycles. The Kier molecular flexibility index (Phi) is 4.00. The van der Waals surface area contributed by atoms with Gasteiger partial charge in [-0.05, 0) is 41.2 Å². The van der Waals surface area contributed by atoms with Crippen molar-refractivity contribution in [3.05, 3.63) is 107 Å². The largest absolute Gasteiger partial charge is 0.299 e. The van der Waals surface area contributed by atoms with E-state index >= 15 is 0 Å². The van der Waals surface area contributed by atoms with E-state index in [0.717, 1.165) is 23.1 Å². The Morgan fingerprint density at radius 2 is 1.28 bits per heavy atom. The Balaban J connectivity index is 1.52. The van der Waals surface area contributed by atoms with Crippen molar-refractivity contribution in [1.82, 2.24) is 0 Å². The summed E-state index contributed by atoms with van der Waals surface area (Å²) in [6, 6.07) is 28.1. The van der Waals surface area contributed by atoms with E-state index in [9.17, 15) is 9.59 Å². The predicted molar refractivity (Wildman–Crippen MR) is 126 cm³/mol. The molecule has 160 valence electrons. The van der Waals surface area contributed by atoms with E-state index < -0.39 is 16.2 Å². The molecule has 0 N–H and O–H groups in total. The highest BCUT2D eigenvalue weighted by Crippen LogP contribution is 2.81. The molecule has 32 heavy (non-hydrogen) atoms. The number of Topliss-reactive ketones (excluding diaryl/α,β-unsaturated/α-hetero) is 2. The van der Waals surface area contributed by atoms with Crippen LogP contribution in [0.15, 0.2) is 84.9 Å². The Labute approximate surface area is 193 Å². The van der Waals surface area contributed by atoms with Crippen molar-refractivity contribution in [1.29, 1.82) is 0 Å². The van der Waals surface area contributed by atoms with Gasteiger partial charge in [0.25, 0.3) is 0 Å². The van der Waals surface area contributed by atoms with Crippen LogP contribution in [-0.2, 0) is 15.0 Å². The number of carbonyl (C=O) groups excluding carboxylic acids is 2. The van der Waals surface area contributed by atoms with Crippen LogP contribution in [0, 0.1) is 22.7 Å². The van der Waals surface area contributed by atoms with Gasteiger partial charge in [0.1, 0.15) is 11.6 Å². The first-order valence-corrected chi connectivity index (χ1v) is 11.7. The number of fused-ring (bicyclic) bond motifs is 2. The van der Waals surface area contributed by atoms with Gasteiger partial charge in [-0.2, -0.15) is 0 Å². The van der Waals surface area contributed by atoms with Crippen LogP contribution < -0.4 is 0 Å². The summed E-state index contributed by atoms with van der Waals surface area (Å²) in [5.74, 6) is -0.0474. The Morgan fingerprint density at radius 3 is 1.81 bits per heavy atom. The lowest BCUT2D eigenvalue weighted by atomic mass is 9.46. The molecule has 3 saturated carbocycles. The van der Waals surface area contributed by atoms with Crippen molar-refractivity contribution in [2.45, 2.75) is 31.6 Å². The molecule has 0 aliphatic heterocycles. The van der Waals surface area contributed by atoms with Crippen LogP contribution in [0.25, 0.3) is 0 Å². The first kappa shape index (κ1) is 19.9. The van der Waals surface area contributed by atoms with Gasteiger partial charge in [0.05, 0.1) is 5.41 Å². The summed E-state index contributed by atoms with van der Waals surface area (Å²) in [4.78, 5) is 28.5. The zero-order valence-corrected chi connectivity index (χ0v) is 19.0. The van der Waals surface area contributed by atoms with Gasteiger partial charge < -0.3 is 0 Å². The molecule has 3 aromatic carbocycles. The van der Waals surface area contributed by atoms with E-state index in [1.807, 2.05) is 74.5 Å². The lowest BCUT2D eigenvalue weighted by Crippen LogP contribution is -2.59. The fraction of sp³-hybridized carbons (Fsp3) is 0.310. The second kappa shape index (κ2) is 6.42. The van der Waals surface area contributed by atoms with Gasteiger partial charge in [0.2, 0.25) is 0 Å². The van der Waals surface area contributed by atoms with Crippen LogP contribution in [0.1, 0.15) is 42.9 Å². The van der Waals surface area contributed by atoms with E-state index in [4.69, 9.17) is 11.6 Å². The number of ketones is 2. The van der Waals surface area contributed by atoms with Gasteiger partial charge in [-0.1, -0.05) is 98.2 Å². The van der Waals surface area contributed by atoms with E-state index in [1.54, 1.807) is 0 Å². The van der Waals surface area contributed by atoms with Gasteiger partial charge in [-0.25, -0.2) is 0 Å². The van der Waals surface area contributed by atoms with Crippen molar-refractivity contribution < 1.29 is 9.59 Å². The summed E-state index contributed by atoms with van der Waals surface area (Å²) in [5.41, 5.74) is 1.29. The lowest BCUT2D eigenvalue weighted by Gasteiger charge is -2.55. The van der Waals surface area contributed by atoms with Crippen LogP contribution in [0.2, 0.25) is 5.02 Å². The Bertz CT molecular complexity index is 1190. The number of halogens is 1. The maximum Gasteiger partial charge on any atom is 0.145 e. The number of benzene rings is 3. The average Bonchev–Trinajstić information content (AvgIpc) is 3.40. The summed E-state index contributed by atoms with van der Waals surface area (Å²) in [7, 11) is 0. The molecule has 3 aliphatic rings. The third-order valence-electron chi connectivity index (χ3n) is 8.85. The van der Waals surface area contributed by atoms with E-state index in [2.05, 4.69) is 24.3 Å². The summed E-state index contributed by atoms with van der Waals surface area (Å²) in [5, 5.41) is 0.684. The van der Waals surface area contributed by atoms with Crippen molar-refractivity contribution >= 4 is 23.2 Å². The maximum absolute atomic E-state index is 14.3. The predicted octanol–water partition coefficient (Wildman–Crippen LogP) is 6.22. The molecule has 0 spiro atoms. The first-order valence-electron chi connectivity index (χ1n) is 11.3. The molecule has 0 bridgehead atoms. The standard InChI is InChI=1S/C29H25ClO2/c1-27-17-22(18-13-15-21(30)16-14-18)23(27)25(31)28(2)24(26(27)32)29(28,19-9-5-3-6-10-19)20-11-7-4-8-12-20/h3-16,22-24H,17H2,1-2H3/t22-,23-,24+,27-,28+/m0/s1. The summed E-state index contributed by atoms with van der Waals surface area (Å²) in [6.07, 6.45) is 0.718. The number of hydrogen-bond donors (Lipinski definition) is 0. The molecular weight excluding hydrogens is 416 g/mol. The highest BCUT2D eigenvalue weighted by atomic mass is 35.5. The fourth-order valence-corrected chi connectivity index (χ4v) is 7.43. The molecule has 0 radical (unpaired) electrons. The van der Waals surface area contributed by atoms with Gasteiger partial charge in [-0.3, -0.25) is 9.59 Å². The monoisotopic (exact) mass is 440 g/mol. The molecule has 2 nitrogen and oxygen atoms in total. The minimum atomic E-state index is -0.734. The van der Waals surface area contributed by atoms with Gasteiger partial charge in [-0.15, -0.1) is 0 Å². The van der Waals surface area contributed by atoms with Crippen molar-refractivity contribution in [3.63, 3.8) is 0 Å². The van der Waals surface area contributed by atoms with Gasteiger partial charge in [0, 0.05) is 27.7 Å². The van der Waals surface area contributed by atoms with Crippen LogP contribution in [-0.4, -0.2) is 11.6 Å². The van der Waals surface area contributed by atoms with Crippen molar-refractivity contribution in [2.75, 3.05) is 0 Å². The van der Waals surface area contributed by atoms with Crippen LogP contribution in [0.4, 0.5) is 0 Å². The minimum absolute atomic E-state index is 0.0661. The molecule has 0 aromatic heterocycles. The molecule has 3 fully saturated rings. The number of carbonyl (C=O) groups is 2. The highest BCUT2D eigenvalue weighted by molar-refractivity contribution is 6.30. The molecule has 0 amide bonds. The fourth-order valence-electron chi connectivity index (χ4n) is 7.30. The summed E-state index contributed by atoms with van der Waals surface area (Å²) < 4.78 is 0. The first-order chi connectivity index (χ1) is 15.4. The third kappa shape index (κ3) is 2.17. The van der Waals surface area contributed by atoms with Crippen molar-refractivity contribution in [3.8, 4) is 0 Å². The SMILES string of the molecule is C[C@]12C(=O)[C@@H]3[C@H](c4ccc(Cl)cc4)C[C@]3(C)C(=O)[C@H]1C2(c1ccccc1)c1ccccc1. The van der Waals surface area contributed by atoms with E-state index in [1.165, 1.54) is 0 Å². The third-order valence-corrected chi connectivity index (χ3v) is 9.11. The Hall–Kier alpha value is -2.71. The minimum Gasteiger partial charge on any atom is -0.299 e. The Morgan fingerprint density at radius 1 is 0.750 bits per heavy atom. The topological polar surface area (TPSA) is 34.1 Å². The normalized spacial score (nSPS) is 34.3. The highest BCUT2D eigenvalue weighted by Gasteiger charge is 2.87. The molecule has 0 heterocycles. The van der Waals surface area contributed by atoms with Crippen LogP contribution >= 0.6 is 11.6 Å². The number of rotatable bonds is 3. The molecule has 3 heteroatoms.